The molecule has 1 fully saturated rings. The quantitative estimate of drug-likeness (QED) is 0.878. The number of benzene rings is 2. The highest BCUT2D eigenvalue weighted by atomic mass is 35.5. The number of hydrogen-bond acceptors (Lipinski definition) is 3. The first-order chi connectivity index (χ1) is 10.8. The Morgan fingerprint density at radius 3 is 2.43 bits per heavy atom. The van der Waals surface area contributed by atoms with Gasteiger partial charge in [-0.1, -0.05) is 42.5 Å². The third-order valence-electron chi connectivity index (χ3n) is 4.33. The van der Waals surface area contributed by atoms with Gasteiger partial charge in [0.2, 0.25) is 0 Å². The monoisotopic (exact) mass is 332 g/mol. The highest BCUT2D eigenvalue weighted by Gasteiger charge is 2.22. The van der Waals surface area contributed by atoms with Crippen LogP contribution >= 0.6 is 12.4 Å². The molecule has 3 nitrogen and oxygen atoms in total. The summed E-state index contributed by atoms with van der Waals surface area (Å²) < 4.78 is 5.83. The fourth-order valence-corrected chi connectivity index (χ4v) is 3.04. The molecule has 1 aliphatic heterocycles. The van der Waals surface area contributed by atoms with E-state index in [0.29, 0.717) is 12.6 Å². The van der Waals surface area contributed by atoms with Crippen LogP contribution in [0.5, 0.6) is 5.75 Å². The molecule has 0 radical (unpaired) electrons. The second-order valence-corrected chi connectivity index (χ2v) is 5.92. The fraction of sp³-hybridized carbons (Fsp3) is 0.368. The lowest BCUT2D eigenvalue weighted by molar-refractivity contribution is 0.250. The second kappa shape index (κ2) is 8.92. The van der Waals surface area contributed by atoms with E-state index < -0.39 is 0 Å². The maximum Gasteiger partial charge on any atom is 0.119 e. The molecule has 124 valence electrons. The Balaban J connectivity index is 0.00000192. The minimum Gasteiger partial charge on any atom is -0.489 e. The molecule has 0 aliphatic carbocycles. The SMILES string of the molecule is Cl.NCC1CCCN1Cc1ccc(OCc2ccccc2)cc1. The van der Waals surface area contributed by atoms with Crippen molar-refractivity contribution in [3.05, 3.63) is 65.7 Å². The molecule has 1 atom stereocenters. The third-order valence-corrected chi connectivity index (χ3v) is 4.33. The molecule has 2 aromatic carbocycles. The summed E-state index contributed by atoms with van der Waals surface area (Å²) >= 11 is 0. The summed E-state index contributed by atoms with van der Waals surface area (Å²) in [6.45, 7) is 3.52. The van der Waals surface area contributed by atoms with Gasteiger partial charge >= 0.3 is 0 Å². The molecule has 23 heavy (non-hydrogen) atoms. The van der Waals surface area contributed by atoms with E-state index in [0.717, 1.165) is 25.4 Å². The Labute approximate surface area is 144 Å². The molecule has 3 rings (SSSR count). The maximum absolute atomic E-state index is 5.84. The molecule has 2 N–H and O–H groups in total. The number of hydrogen-bond donors (Lipinski definition) is 1. The zero-order chi connectivity index (χ0) is 15.2. The average Bonchev–Trinajstić information content (AvgIpc) is 3.02. The Morgan fingerprint density at radius 2 is 1.74 bits per heavy atom. The molecular weight excluding hydrogens is 308 g/mol. The van der Waals surface area contributed by atoms with Gasteiger partial charge in [0.15, 0.2) is 0 Å². The predicted octanol–water partition coefficient (Wildman–Crippen LogP) is 3.61. The van der Waals surface area contributed by atoms with Gasteiger partial charge in [-0.05, 0) is 42.6 Å². The van der Waals surface area contributed by atoms with Crippen molar-refractivity contribution in [2.75, 3.05) is 13.1 Å². The Bertz CT molecular complexity index is 574. The predicted molar refractivity (Wildman–Crippen MR) is 97.0 cm³/mol. The molecule has 1 aliphatic rings. The molecule has 1 heterocycles. The van der Waals surface area contributed by atoms with E-state index in [2.05, 4.69) is 41.3 Å². The zero-order valence-electron chi connectivity index (χ0n) is 13.4. The molecule has 0 amide bonds. The largest absolute Gasteiger partial charge is 0.489 e. The number of nitrogens with two attached hydrogens (primary N) is 1. The molecule has 0 aromatic heterocycles. The van der Waals surface area contributed by atoms with Crippen molar-refractivity contribution >= 4 is 12.4 Å². The van der Waals surface area contributed by atoms with Crippen molar-refractivity contribution < 1.29 is 4.74 Å². The van der Waals surface area contributed by atoms with Gasteiger partial charge < -0.3 is 10.5 Å². The van der Waals surface area contributed by atoms with Gasteiger partial charge in [0.1, 0.15) is 12.4 Å². The summed E-state index contributed by atoms with van der Waals surface area (Å²) in [4.78, 5) is 2.49. The van der Waals surface area contributed by atoms with E-state index in [1.807, 2.05) is 18.2 Å². The van der Waals surface area contributed by atoms with E-state index >= 15 is 0 Å². The van der Waals surface area contributed by atoms with E-state index in [-0.39, 0.29) is 12.4 Å². The molecule has 2 aromatic rings. The van der Waals surface area contributed by atoms with Crippen LogP contribution < -0.4 is 10.5 Å². The molecule has 1 unspecified atom stereocenters. The van der Waals surface area contributed by atoms with Crippen LogP contribution in [0, 0.1) is 0 Å². The van der Waals surface area contributed by atoms with Crippen molar-refractivity contribution in [3.8, 4) is 5.75 Å². The van der Waals surface area contributed by atoms with E-state index in [1.165, 1.54) is 24.0 Å². The number of halogens is 1. The molecule has 0 saturated carbocycles. The summed E-state index contributed by atoms with van der Waals surface area (Å²) in [6.07, 6.45) is 2.49. The third kappa shape index (κ3) is 4.96. The highest BCUT2D eigenvalue weighted by molar-refractivity contribution is 5.85. The number of ether oxygens (including phenoxy) is 1. The summed E-state index contributed by atoms with van der Waals surface area (Å²) in [5.41, 5.74) is 8.35. The van der Waals surface area contributed by atoms with Crippen LogP contribution in [0.25, 0.3) is 0 Å². The second-order valence-electron chi connectivity index (χ2n) is 5.92. The van der Waals surface area contributed by atoms with Gasteiger partial charge in [0.25, 0.3) is 0 Å². The average molecular weight is 333 g/mol. The number of likely N-dealkylation sites (tertiary alicyclic amines) is 1. The lowest BCUT2D eigenvalue weighted by Gasteiger charge is -2.23. The van der Waals surface area contributed by atoms with Gasteiger partial charge in [0, 0.05) is 19.1 Å². The Hall–Kier alpha value is -1.55. The van der Waals surface area contributed by atoms with Crippen LogP contribution in [-0.4, -0.2) is 24.0 Å². The Kier molecular flexibility index (Phi) is 6.90. The zero-order valence-corrected chi connectivity index (χ0v) is 14.2. The molecule has 1 saturated heterocycles. The van der Waals surface area contributed by atoms with Crippen molar-refractivity contribution in [2.45, 2.75) is 32.0 Å². The topological polar surface area (TPSA) is 38.5 Å². The molecular formula is C19H25ClN2O. The van der Waals surface area contributed by atoms with Crippen LogP contribution in [-0.2, 0) is 13.2 Å². The van der Waals surface area contributed by atoms with E-state index in [9.17, 15) is 0 Å². The highest BCUT2D eigenvalue weighted by Crippen LogP contribution is 2.21. The van der Waals surface area contributed by atoms with Crippen LogP contribution in [0.15, 0.2) is 54.6 Å². The van der Waals surface area contributed by atoms with Crippen LogP contribution in [0.2, 0.25) is 0 Å². The summed E-state index contributed by atoms with van der Waals surface area (Å²) in [5, 5.41) is 0. The minimum atomic E-state index is 0. The molecule has 0 bridgehead atoms. The van der Waals surface area contributed by atoms with Crippen LogP contribution in [0.3, 0.4) is 0 Å². The van der Waals surface area contributed by atoms with Gasteiger partial charge in [-0.3, -0.25) is 4.90 Å². The van der Waals surface area contributed by atoms with Crippen LogP contribution in [0.4, 0.5) is 0 Å². The van der Waals surface area contributed by atoms with Crippen molar-refractivity contribution in [1.29, 1.82) is 0 Å². The number of nitrogens with zero attached hydrogens (tertiary/aromatic N) is 1. The minimum absolute atomic E-state index is 0. The van der Waals surface area contributed by atoms with Gasteiger partial charge in [-0.2, -0.15) is 0 Å². The standard InChI is InChI=1S/C19H24N2O.ClH/c20-13-18-7-4-12-21(18)14-16-8-10-19(11-9-16)22-15-17-5-2-1-3-6-17;/h1-3,5-6,8-11,18H,4,7,12-15,20H2;1H. The van der Waals surface area contributed by atoms with E-state index in [1.54, 1.807) is 0 Å². The number of rotatable bonds is 6. The first-order valence-corrected chi connectivity index (χ1v) is 8.05. The lowest BCUT2D eigenvalue weighted by Crippen LogP contribution is -2.34. The van der Waals surface area contributed by atoms with Gasteiger partial charge in [0.05, 0.1) is 0 Å². The van der Waals surface area contributed by atoms with Crippen molar-refractivity contribution in [3.63, 3.8) is 0 Å². The maximum atomic E-state index is 5.84. The summed E-state index contributed by atoms with van der Waals surface area (Å²) in [7, 11) is 0. The summed E-state index contributed by atoms with van der Waals surface area (Å²) in [5.74, 6) is 0.921. The van der Waals surface area contributed by atoms with Crippen molar-refractivity contribution in [1.82, 2.24) is 4.90 Å². The van der Waals surface area contributed by atoms with Crippen molar-refractivity contribution in [2.24, 2.45) is 5.73 Å². The Morgan fingerprint density at radius 1 is 1.00 bits per heavy atom. The first-order valence-electron chi connectivity index (χ1n) is 8.05. The first kappa shape index (κ1) is 17.8. The van der Waals surface area contributed by atoms with Crippen LogP contribution in [0.1, 0.15) is 24.0 Å². The van der Waals surface area contributed by atoms with Gasteiger partial charge in [-0.15, -0.1) is 12.4 Å². The molecule has 0 spiro atoms. The van der Waals surface area contributed by atoms with E-state index in [4.69, 9.17) is 10.5 Å². The van der Waals surface area contributed by atoms with Gasteiger partial charge in [-0.25, -0.2) is 0 Å². The summed E-state index contributed by atoms with van der Waals surface area (Å²) in [6, 6.07) is 19.2. The normalized spacial score (nSPS) is 17.7. The fourth-order valence-electron chi connectivity index (χ4n) is 3.04. The lowest BCUT2D eigenvalue weighted by atomic mass is 10.1. The smallest absolute Gasteiger partial charge is 0.119 e. The molecule has 4 heteroatoms.